The number of carbonyl (C=O) groups excluding carboxylic acids is 2. The fourth-order valence-corrected chi connectivity index (χ4v) is 4.34. The van der Waals surface area contributed by atoms with Crippen LogP contribution in [0.5, 0.6) is 0 Å². The molecule has 0 bridgehead atoms. The first-order valence-electron chi connectivity index (χ1n) is 11.5. The predicted molar refractivity (Wildman–Crippen MR) is 122 cm³/mol. The number of rotatable bonds is 8. The van der Waals surface area contributed by atoms with Gasteiger partial charge in [-0.1, -0.05) is 32.1 Å². The van der Waals surface area contributed by atoms with Crippen molar-refractivity contribution in [2.24, 2.45) is 5.41 Å². The molecule has 0 saturated carbocycles. The van der Waals surface area contributed by atoms with Gasteiger partial charge in [-0.3, -0.25) is 9.59 Å². The molecule has 1 fully saturated rings. The van der Waals surface area contributed by atoms with Crippen molar-refractivity contribution < 1.29 is 14.7 Å². The molecule has 1 aliphatic carbocycles. The molecule has 0 unspecified atom stereocenters. The minimum Gasteiger partial charge on any atom is -0.391 e. The van der Waals surface area contributed by atoms with Gasteiger partial charge in [-0.15, -0.1) is 5.10 Å². The van der Waals surface area contributed by atoms with Crippen LogP contribution in [0, 0.1) is 16.7 Å². The largest absolute Gasteiger partial charge is 0.391 e. The number of nitrogens with one attached hydrogen (secondary N) is 1. The highest BCUT2D eigenvalue weighted by molar-refractivity contribution is 5.90. The van der Waals surface area contributed by atoms with Gasteiger partial charge in [0.25, 0.3) is 0 Å². The molecular weight excluding hydrogens is 436 g/mol. The molecule has 2 aromatic rings. The molecule has 3 atom stereocenters. The lowest BCUT2D eigenvalue weighted by molar-refractivity contribution is -0.144. The Bertz CT molecular complexity index is 1140. The Labute approximate surface area is 198 Å². The molecule has 1 saturated heterocycles. The summed E-state index contributed by atoms with van der Waals surface area (Å²) in [5.41, 5.74) is 1.38. The van der Waals surface area contributed by atoms with Crippen LogP contribution in [0.1, 0.15) is 57.6 Å². The van der Waals surface area contributed by atoms with Gasteiger partial charge in [-0.05, 0) is 23.8 Å². The van der Waals surface area contributed by atoms with Crippen molar-refractivity contribution in [3.8, 4) is 6.07 Å². The fourth-order valence-electron chi connectivity index (χ4n) is 4.34. The topological polar surface area (TPSA) is 142 Å². The van der Waals surface area contributed by atoms with E-state index in [0.29, 0.717) is 25.3 Å². The third-order valence-corrected chi connectivity index (χ3v) is 6.12. The Kier molecular flexibility index (Phi) is 6.52. The van der Waals surface area contributed by atoms with Crippen LogP contribution in [-0.2, 0) is 16.1 Å². The smallest absolute Gasteiger partial charge is 0.248 e. The van der Waals surface area contributed by atoms with Crippen LogP contribution in [-0.4, -0.2) is 71.6 Å². The van der Waals surface area contributed by atoms with Crippen molar-refractivity contribution in [1.29, 1.82) is 5.26 Å². The average Bonchev–Trinajstić information content (AvgIpc) is 3.17. The minimum absolute atomic E-state index is 0.0940. The summed E-state index contributed by atoms with van der Waals surface area (Å²) in [7, 11) is 0. The standard InChI is InChI=1S/C23H30N8O3/c1-23(2,3)20(31-14-17(27-28-31)15-5-6-15)22(34)30-13-16(32)11-18(30)21(33)26-7-4-9-29-10-8-25-19(29)12-24/h5,8,10,14,16,18,20,32H,4,6-7,9,11,13H2,1-3H3,(H,26,33)/t16-,18+,20-/m1/s1. The zero-order chi connectivity index (χ0) is 24.5. The van der Waals surface area contributed by atoms with Gasteiger partial charge in [0.2, 0.25) is 17.6 Å². The lowest BCUT2D eigenvalue weighted by Gasteiger charge is -2.34. The van der Waals surface area contributed by atoms with Gasteiger partial charge in [-0.25, -0.2) is 9.67 Å². The number of aryl methyl sites for hydroxylation is 1. The lowest BCUT2D eigenvalue weighted by atomic mass is 9.85. The van der Waals surface area contributed by atoms with Gasteiger partial charge in [0.05, 0.1) is 12.3 Å². The molecule has 4 rings (SSSR count). The van der Waals surface area contributed by atoms with Crippen LogP contribution in [0.2, 0.25) is 0 Å². The van der Waals surface area contributed by atoms with Crippen molar-refractivity contribution in [3.05, 3.63) is 36.2 Å². The number of nitrogens with zero attached hydrogens (tertiary/aromatic N) is 7. The maximum atomic E-state index is 13.7. The quantitative estimate of drug-likeness (QED) is 0.550. The number of amides is 2. The van der Waals surface area contributed by atoms with Gasteiger partial charge >= 0.3 is 0 Å². The Balaban J connectivity index is 1.42. The van der Waals surface area contributed by atoms with Crippen LogP contribution in [0.15, 0.2) is 24.7 Å². The molecule has 11 nitrogen and oxygen atoms in total. The minimum atomic E-state index is -0.771. The van der Waals surface area contributed by atoms with Crippen molar-refractivity contribution in [2.75, 3.05) is 13.1 Å². The Morgan fingerprint density at radius 3 is 2.82 bits per heavy atom. The SMILES string of the molecule is CC(C)(C)[C@@H](C(=O)N1C[C@H](O)C[C@H]1C(=O)NCCCn1ccnc1C#N)n1cc(C2=CC2)nn1. The number of hydrogen-bond acceptors (Lipinski definition) is 7. The normalized spacial score (nSPS) is 20.6. The fraction of sp³-hybridized carbons (Fsp3) is 0.565. The number of allylic oxidation sites excluding steroid dienone is 2. The number of aromatic nitrogens is 5. The van der Waals surface area contributed by atoms with E-state index < -0.39 is 23.6 Å². The summed E-state index contributed by atoms with van der Waals surface area (Å²) in [5, 5.41) is 30.6. The number of imidazole rings is 1. The third kappa shape index (κ3) is 5.02. The Hall–Kier alpha value is -3.52. The monoisotopic (exact) mass is 466 g/mol. The van der Waals surface area contributed by atoms with E-state index in [2.05, 4.69) is 20.6 Å². The van der Waals surface area contributed by atoms with Crippen LogP contribution >= 0.6 is 0 Å². The maximum absolute atomic E-state index is 13.7. The first-order chi connectivity index (χ1) is 16.2. The lowest BCUT2D eigenvalue weighted by Crippen LogP contribution is -2.50. The van der Waals surface area contributed by atoms with Gasteiger partial charge in [0.1, 0.15) is 23.8 Å². The molecule has 3 heterocycles. The second-order valence-electron chi connectivity index (χ2n) is 9.88. The van der Waals surface area contributed by atoms with Crippen molar-refractivity contribution in [1.82, 2.24) is 34.8 Å². The number of nitriles is 1. The zero-order valence-corrected chi connectivity index (χ0v) is 19.7. The van der Waals surface area contributed by atoms with Gasteiger partial charge in [-0.2, -0.15) is 5.26 Å². The van der Waals surface area contributed by atoms with E-state index >= 15 is 0 Å². The van der Waals surface area contributed by atoms with Crippen LogP contribution in [0.3, 0.4) is 0 Å². The molecule has 2 aliphatic rings. The molecular formula is C23H30N8O3. The van der Waals surface area contributed by atoms with Gasteiger partial charge < -0.3 is 19.9 Å². The van der Waals surface area contributed by atoms with E-state index in [1.54, 1.807) is 27.8 Å². The van der Waals surface area contributed by atoms with Crippen LogP contribution in [0.4, 0.5) is 0 Å². The van der Waals surface area contributed by atoms with E-state index in [1.807, 2.05) is 32.9 Å². The first-order valence-corrected chi connectivity index (χ1v) is 11.5. The molecule has 34 heavy (non-hydrogen) atoms. The molecule has 0 spiro atoms. The molecule has 0 radical (unpaired) electrons. The zero-order valence-electron chi connectivity index (χ0n) is 19.7. The Morgan fingerprint density at radius 2 is 2.15 bits per heavy atom. The molecule has 1 aliphatic heterocycles. The van der Waals surface area contributed by atoms with Gasteiger partial charge in [0, 0.05) is 38.4 Å². The van der Waals surface area contributed by atoms with E-state index in [-0.39, 0.29) is 24.8 Å². The summed E-state index contributed by atoms with van der Waals surface area (Å²) < 4.78 is 3.30. The maximum Gasteiger partial charge on any atom is 0.248 e. The van der Waals surface area contributed by atoms with E-state index in [0.717, 1.165) is 17.7 Å². The predicted octanol–water partition coefficient (Wildman–Crippen LogP) is 0.889. The van der Waals surface area contributed by atoms with Crippen molar-refractivity contribution in [3.63, 3.8) is 0 Å². The van der Waals surface area contributed by atoms with Crippen LogP contribution < -0.4 is 5.32 Å². The number of likely N-dealkylation sites (tertiary alicyclic amines) is 1. The average molecular weight is 467 g/mol. The summed E-state index contributed by atoms with van der Waals surface area (Å²) >= 11 is 0. The summed E-state index contributed by atoms with van der Waals surface area (Å²) in [6, 6.07) is 0.591. The number of hydrogen-bond donors (Lipinski definition) is 2. The molecule has 0 aromatic carbocycles. The highest BCUT2D eigenvalue weighted by Crippen LogP contribution is 2.36. The third-order valence-electron chi connectivity index (χ3n) is 6.12. The summed E-state index contributed by atoms with van der Waals surface area (Å²) in [6.07, 6.45) is 8.00. The molecule has 11 heteroatoms. The number of aliphatic hydroxyl groups excluding tert-OH is 1. The molecule has 2 N–H and O–H groups in total. The van der Waals surface area contributed by atoms with Crippen LogP contribution in [0.25, 0.3) is 5.57 Å². The number of aliphatic hydroxyl groups is 1. The second-order valence-corrected chi connectivity index (χ2v) is 9.88. The molecule has 2 amide bonds. The summed E-state index contributed by atoms with van der Waals surface area (Å²) in [6.45, 7) is 6.84. The summed E-state index contributed by atoms with van der Waals surface area (Å²) in [4.78, 5) is 32.1. The van der Waals surface area contributed by atoms with E-state index in [1.165, 1.54) is 4.90 Å². The molecule has 2 aromatic heterocycles. The van der Waals surface area contributed by atoms with Crippen molar-refractivity contribution >= 4 is 17.4 Å². The molecule has 180 valence electrons. The highest BCUT2D eigenvalue weighted by atomic mass is 16.3. The summed E-state index contributed by atoms with van der Waals surface area (Å²) in [5.74, 6) is -0.238. The second kappa shape index (κ2) is 9.38. The number of β-amino-alcohol motifs (C(OH)–C–C–N with tert-alkyl or cyclic N) is 1. The van der Waals surface area contributed by atoms with Gasteiger partial charge in [0.15, 0.2) is 0 Å². The highest BCUT2D eigenvalue weighted by Gasteiger charge is 2.45. The first kappa shape index (κ1) is 23.6. The van der Waals surface area contributed by atoms with Crippen molar-refractivity contribution in [2.45, 2.75) is 64.8 Å². The Morgan fingerprint density at radius 1 is 1.38 bits per heavy atom. The van der Waals surface area contributed by atoms with E-state index in [4.69, 9.17) is 5.26 Å². The number of carbonyl (C=O) groups is 2. The van der Waals surface area contributed by atoms with E-state index in [9.17, 15) is 14.7 Å².